The summed E-state index contributed by atoms with van der Waals surface area (Å²) in [5, 5.41) is 9.48. The predicted octanol–water partition coefficient (Wildman–Crippen LogP) is 7.89. The van der Waals surface area contributed by atoms with Gasteiger partial charge >= 0.3 is 11.9 Å². The molecule has 4 aromatic rings. The topological polar surface area (TPSA) is 139 Å². The Labute approximate surface area is 296 Å². The normalized spacial score (nSPS) is 11.5. The van der Waals surface area contributed by atoms with E-state index in [1.54, 1.807) is 36.4 Å². The molecular weight excluding hydrogens is 682 g/mol. The van der Waals surface area contributed by atoms with Gasteiger partial charge in [-0.25, -0.2) is 22.0 Å². The number of anilines is 1. The summed E-state index contributed by atoms with van der Waals surface area (Å²) >= 11 is 0. The summed E-state index contributed by atoms with van der Waals surface area (Å²) in [5.74, 6) is -4.98. The van der Waals surface area contributed by atoms with Crippen LogP contribution in [0.5, 0.6) is 11.5 Å². The Morgan fingerprint density at radius 2 is 1.41 bits per heavy atom. The molecule has 270 valence electrons. The summed E-state index contributed by atoms with van der Waals surface area (Å²) in [5.41, 5.74) is 0.288. The second-order valence-electron chi connectivity index (χ2n) is 11.9. The first kappa shape index (κ1) is 38.5. The van der Waals surface area contributed by atoms with Gasteiger partial charge in [0.25, 0.3) is 21.9 Å². The molecule has 13 heteroatoms. The minimum atomic E-state index is -4.41. The fourth-order valence-electron chi connectivity index (χ4n) is 5.13. The van der Waals surface area contributed by atoms with E-state index in [0.29, 0.717) is 30.4 Å². The third-order valence-electron chi connectivity index (χ3n) is 7.76. The number of amides is 1. The van der Waals surface area contributed by atoms with Gasteiger partial charge in [0.1, 0.15) is 18.0 Å². The van der Waals surface area contributed by atoms with Gasteiger partial charge < -0.3 is 19.5 Å². The monoisotopic (exact) mass is 722 g/mol. The Kier molecular flexibility index (Phi) is 13.3. The summed E-state index contributed by atoms with van der Waals surface area (Å²) in [7, 11) is -4.41. The van der Waals surface area contributed by atoms with Crippen molar-refractivity contribution < 1.29 is 46.2 Å². The number of halogens is 2. The quantitative estimate of drug-likeness (QED) is 0.0601. The molecule has 0 atom stereocenters. The van der Waals surface area contributed by atoms with E-state index in [1.165, 1.54) is 67.8 Å². The van der Waals surface area contributed by atoms with Gasteiger partial charge in [0, 0.05) is 30.3 Å². The number of unbranched alkanes of at least 4 members (excludes halogenated alkanes) is 4. The molecule has 0 radical (unpaired) electrons. The molecule has 0 spiro atoms. The molecule has 0 aromatic heterocycles. The number of carbonyl (C=O) groups is 3. The number of carbonyl (C=O) groups excluding carboxylic acids is 2. The summed E-state index contributed by atoms with van der Waals surface area (Å²) in [6, 6.07) is 22.8. The van der Waals surface area contributed by atoms with Crippen LogP contribution in [0.15, 0.2) is 102 Å². The number of aliphatic carboxylic acids is 1. The summed E-state index contributed by atoms with van der Waals surface area (Å²) in [6.07, 6.45) is 5.65. The molecule has 4 aromatic carbocycles. The van der Waals surface area contributed by atoms with Gasteiger partial charge in [-0.3, -0.25) is 14.3 Å². The average molecular weight is 723 g/mol. The summed E-state index contributed by atoms with van der Waals surface area (Å²) < 4.78 is 67.4. The second-order valence-corrected chi connectivity index (χ2v) is 13.6. The molecule has 0 aliphatic carbocycles. The molecule has 0 aliphatic rings. The Bertz CT molecular complexity index is 1890. The minimum Gasteiger partial charge on any atom is -0.494 e. The molecule has 0 saturated heterocycles. The first-order valence-corrected chi connectivity index (χ1v) is 17.9. The molecule has 51 heavy (non-hydrogen) atoms. The highest BCUT2D eigenvalue weighted by Crippen LogP contribution is 2.33. The van der Waals surface area contributed by atoms with Gasteiger partial charge in [0.05, 0.1) is 17.1 Å². The van der Waals surface area contributed by atoms with Gasteiger partial charge in [0.15, 0.2) is 0 Å². The Balaban J connectivity index is 1.36. The van der Waals surface area contributed by atoms with Crippen molar-refractivity contribution in [2.75, 3.05) is 17.9 Å². The lowest BCUT2D eigenvalue weighted by molar-refractivity contribution is -0.137. The number of alkyl halides is 2. The van der Waals surface area contributed by atoms with Gasteiger partial charge in [0.2, 0.25) is 0 Å². The molecule has 0 aliphatic heterocycles. The molecule has 1 amide bonds. The number of benzene rings is 4. The van der Waals surface area contributed by atoms with Crippen LogP contribution in [0.1, 0.15) is 77.8 Å². The van der Waals surface area contributed by atoms with Gasteiger partial charge in [-0.15, -0.1) is 0 Å². The van der Waals surface area contributed by atoms with Crippen molar-refractivity contribution in [3.05, 3.63) is 119 Å². The predicted molar refractivity (Wildman–Crippen MR) is 188 cm³/mol. The largest absolute Gasteiger partial charge is 0.494 e. The van der Waals surface area contributed by atoms with Crippen molar-refractivity contribution in [1.82, 2.24) is 4.90 Å². The van der Waals surface area contributed by atoms with Crippen LogP contribution >= 0.6 is 0 Å². The first-order valence-electron chi connectivity index (χ1n) is 16.4. The lowest BCUT2D eigenvalue weighted by Gasteiger charge is -2.21. The van der Waals surface area contributed by atoms with Crippen LogP contribution < -0.4 is 14.2 Å². The fraction of sp³-hybridized carbons (Fsp3) is 0.289. The van der Waals surface area contributed by atoms with Crippen LogP contribution in [0.25, 0.3) is 0 Å². The van der Waals surface area contributed by atoms with E-state index in [4.69, 9.17) is 9.47 Å². The van der Waals surface area contributed by atoms with Crippen molar-refractivity contribution in [2.24, 2.45) is 0 Å². The van der Waals surface area contributed by atoms with Gasteiger partial charge in [-0.1, -0.05) is 62.9 Å². The lowest BCUT2D eigenvalue weighted by atomic mass is 10.1. The van der Waals surface area contributed by atoms with E-state index in [9.17, 15) is 36.7 Å². The number of ether oxygens (including phenoxy) is 2. The second kappa shape index (κ2) is 17.6. The van der Waals surface area contributed by atoms with E-state index >= 15 is 0 Å². The molecule has 0 heterocycles. The number of esters is 1. The number of nitrogens with one attached hydrogen (secondary N) is 1. The Morgan fingerprint density at radius 3 is 2.04 bits per heavy atom. The van der Waals surface area contributed by atoms with Crippen LogP contribution in [0.3, 0.4) is 0 Å². The van der Waals surface area contributed by atoms with E-state index in [-0.39, 0.29) is 23.5 Å². The van der Waals surface area contributed by atoms with Crippen molar-refractivity contribution in [3.63, 3.8) is 0 Å². The molecule has 10 nitrogen and oxygen atoms in total. The molecule has 0 bridgehead atoms. The van der Waals surface area contributed by atoms with Gasteiger partial charge in [-0.2, -0.15) is 0 Å². The first-order chi connectivity index (χ1) is 24.3. The number of nitrogens with zero attached hydrogens (tertiary/aromatic N) is 1. The summed E-state index contributed by atoms with van der Waals surface area (Å²) in [6.45, 7) is 2.63. The molecular formula is C38H40F2N2O8S. The molecule has 2 N–H and O–H groups in total. The number of rotatable bonds is 18. The van der Waals surface area contributed by atoms with Crippen LogP contribution in [-0.4, -0.2) is 49.4 Å². The smallest absolute Gasteiger partial charge is 0.343 e. The van der Waals surface area contributed by atoms with Crippen LogP contribution in [0.2, 0.25) is 0 Å². The molecule has 0 unspecified atom stereocenters. The highest BCUT2D eigenvalue weighted by Gasteiger charge is 2.32. The van der Waals surface area contributed by atoms with Crippen LogP contribution in [-0.2, 0) is 27.3 Å². The maximum atomic E-state index is 14.1. The van der Waals surface area contributed by atoms with Crippen molar-refractivity contribution in [1.29, 1.82) is 0 Å². The van der Waals surface area contributed by atoms with Crippen molar-refractivity contribution >= 4 is 33.6 Å². The standard InChI is InChI=1S/C38H40F2N2O8S/c1-3-4-5-6-9-24-49-31-22-16-29(17-23-31)37(46)50-32-20-12-27(13-21-32)25-42(26-35(43)44)36(45)28-14-18-30(19-15-28)41-51(47,48)34-11-8-7-10-33(34)38(2,39)40/h7-8,10-23,41H,3-6,9,24-26H2,1-2H3,(H,43,44). The Hall–Kier alpha value is -5.30. The van der Waals surface area contributed by atoms with E-state index in [2.05, 4.69) is 11.6 Å². The number of hydrogen-bond acceptors (Lipinski definition) is 7. The highest BCUT2D eigenvalue weighted by atomic mass is 32.2. The average Bonchev–Trinajstić information content (AvgIpc) is 3.10. The van der Waals surface area contributed by atoms with E-state index < -0.39 is 50.8 Å². The van der Waals surface area contributed by atoms with Crippen LogP contribution in [0, 0.1) is 0 Å². The maximum Gasteiger partial charge on any atom is 0.343 e. The number of hydrogen-bond donors (Lipinski definition) is 2. The van der Waals surface area contributed by atoms with E-state index in [1.807, 2.05) is 0 Å². The van der Waals surface area contributed by atoms with Gasteiger partial charge in [-0.05, 0) is 78.7 Å². The zero-order valence-electron chi connectivity index (χ0n) is 28.3. The maximum absolute atomic E-state index is 14.1. The summed E-state index contributed by atoms with van der Waals surface area (Å²) in [4.78, 5) is 38.1. The minimum absolute atomic E-state index is 0.00753. The molecule has 4 rings (SSSR count). The zero-order valence-corrected chi connectivity index (χ0v) is 29.1. The Morgan fingerprint density at radius 1 is 0.804 bits per heavy atom. The van der Waals surface area contributed by atoms with E-state index in [0.717, 1.165) is 29.9 Å². The van der Waals surface area contributed by atoms with Crippen LogP contribution in [0.4, 0.5) is 14.5 Å². The molecule has 0 saturated carbocycles. The highest BCUT2D eigenvalue weighted by molar-refractivity contribution is 7.92. The van der Waals surface area contributed by atoms with Crippen molar-refractivity contribution in [2.45, 2.75) is 63.3 Å². The van der Waals surface area contributed by atoms with Crippen molar-refractivity contribution in [3.8, 4) is 11.5 Å². The third kappa shape index (κ3) is 11.4. The SMILES string of the molecule is CCCCCCCOc1ccc(C(=O)Oc2ccc(CN(CC(=O)O)C(=O)c3ccc(NS(=O)(=O)c4ccccc4C(C)(F)F)cc3)cc2)cc1. The molecule has 0 fully saturated rings. The zero-order chi connectivity index (χ0) is 37.0. The number of carboxylic acid groups (broad SMARTS) is 1. The lowest BCUT2D eigenvalue weighted by Crippen LogP contribution is -2.35. The fourth-order valence-corrected chi connectivity index (χ4v) is 6.48. The number of carboxylic acids is 1. The third-order valence-corrected chi connectivity index (χ3v) is 9.20. The number of sulfonamides is 1.